The molecule has 0 atom stereocenters. The second-order valence-corrected chi connectivity index (χ2v) is 6.27. The Morgan fingerprint density at radius 3 is 2.88 bits per heavy atom. The van der Waals surface area contributed by atoms with Crippen molar-refractivity contribution in [3.63, 3.8) is 0 Å². The summed E-state index contributed by atoms with van der Waals surface area (Å²) in [4.78, 5) is 26.2. The first-order valence-corrected chi connectivity index (χ1v) is 8.60. The molecule has 0 aromatic heterocycles. The normalized spacial score (nSPS) is 13.2. The van der Waals surface area contributed by atoms with Gasteiger partial charge in [0, 0.05) is 22.8 Å². The van der Waals surface area contributed by atoms with Crippen molar-refractivity contribution in [2.75, 3.05) is 23.4 Å². The molecule has 1 N–H and O–H groups in total. The predicted molar refractivity (Wildman–Crippen MR) is 98.6 cm³/mol. The number of carbonyl (C=O) groups is 2. The van der Waals surface area contributed by atoms with Gasteiger partial charge in [-0.3, -0.25) is 9.59 Å². The number of amides is 2. The van der Waals surface area contributed by atoms with Gasteiger partial charge in [-0.15, -0.1) is 0 Å². The lowest BCUT2D eigenvalue weighted by Gasteiger charge is -2.29. The van der Waals surface area contributed by atoms with Crippen molar-refractivity contribution in [1.82, 2.24) is 0 Å². The third kappa shape index (κ3) is 3.94. The number of fused-ring (bicyclic) bond motifs is 1. The van der Waals surface area contributed by atoms with Gasteiger partial charge < -0.3 is 15.0 Å². The van der Waals surface area contributed by atoms with Gasteiger partial charge in [-0.1, -0.05) is 31.0 Å². The molecular formula is C19H19ClN2O3. The van der Waals surface area contributed by atoms with Gasteiger partial charge in [0.1, 0.15) is 5.75 Å². The number of unbranched alkanes of at least 4 members (excludes halogenated alkanes) is 1. The first-order valence-electron chi connectivity index (χ1n) is 8.22. The fraction of sp³-hybridized carbons (Fsp3) is 0.263. The number of nitrogens with zero attached hydrogens (tertiary/aromatic N) is 1. The molecule has 2 amide bonds. The maximum atomic E-state index is 12.4. The van der Waals surface area contributed by atoms with Crippen molar-refractivity contribution in [3.05, 3.63) is 53.1 Å². The summed E-state index contributed by atoms with van der Waals surface area (Å²) in [7, 11) is 0. The highest BCUT2D eigenvalue weighted by molar-refractivity contribution is 6.31. The van der Waals surface area contributed by atoms with Crippen LogP contribution in [0.25, 0.3) is 0 Å². The second kappa shape index (κ2) is 7.57. The highest BCUT2D eigenvalue weighted by atomic mass is 35.5. The van der Waals surface area contributed by atoms with Crippen LogP contribution in [0.5, 0.6) is 5.75 Å². The van der Waals surface area contributed by atoms with Crippen LogP contribution in [0.15, 0.2) is 42.5 Å². The number of anilines is 2. The van der Waals surface area contributed by atoms with Crippen molar-refractivity contribution in [2.45, 2.75) is 19.8 Å². The van der Waals surface area contributed by atoms with Crippen LogP contribution < -0.4 is 15.0 Å². The van der Waals surface area contributed by atoms with Gasteiger partial charge in [-0.25, -0.2) is 0 Å². The van der Waals surface area contributed by atoms with Crippen LogP contribution in [-0.2, 0) is 4.79 Å². The molecule has 0 aliphatic carbocycles. The zero-order valence-electron chi connectivity index (χ0n) is 13.9. The molecule has 1 aliphatic heterocycles. The van der Waals surface area contributed by atoms with Crippen molar-refractivity contribution >= 4 is 34.8 Å². The Hall–Kier alpha value is -2.53. The molecule has 3 rings (SSSR count). The van der Waals surface area contributed by atoms with E-state index in [0.29, 0.717) is 34.3 Å². The van der Waals surface area contributed by atoms with Gasteiger partial charge in [-0.05, 0) is 42.8 Å². The number of carbonyl (C=O) groups excluding carboxylic acids is 2. The van der Waals surface area contributed by atoms with E-state index in [0.717, 1.165) is 12.8 Å². The molecule has 1 aliphatic rings. The molecule has 2 aromatic rings. The fourth-order valence-corrected chi connectivity index (χ4v) is 2.86. The molecule has 0 saturated carbocycles. The highest BCUT2D eigenvalue weighted by Gasteiger charge is 2.25. The minimum Gasteiger partial charge on any atom is -0.482 e. The van der Waals surface area contributed by atoms with Gasteiger partial charge in [0.15, 0.2) is 6.61 Å². The third-order valence-corrected chi connectivity index (χ3v) is 4.22. The maximum absolute atomic E-state index is 12.4. The molecule has 0 unspecified atom stereocenters. The van der Waals surface area contributed by atoms with Crippen LogP contribution >= 0.6 is 11.6 Å². The molecule has 0 saturated heterocycles. The number of hydrogen-bond donors (Lipinski definition) is 1. The Bertz CT molecular complexity index is 807. The fourth-order valence-electron chi connectivity index (χ4n) is 2.67. The Morgan fingerprint density at radius 1 is 1.28 bits per heavy atom. The summed E-state index contributed by atoms with van der Waals surface area (Å²) in [6.07, 6.45) is 1.90. The Morgan fingerprint density at radius 2 is 2.12 bits per heavy atom. The standard InChI is InChI=1S/C19H19ClN2O3/c1-2-3-9-22-16-11-15(7-8-17(16)25-12-18(22)23)21-19(24)13-5-4-6-14(20)10-13/h4-8,10-11H,2-3,9,12H2,1H3,(H,21,24). The smallest absolute Gasteiger partial charge is 0.265 e. The molecule has 6 heteroatoms. The summed E-state index contributed by atoms with van der Waals surface area (Å²) in [5.74, 6) is 0.321. The molecule has 25 heavy (non-hydrogen) atoms. The lowest BCUT2D eigenvalue weighted by Crippen LogP contribution is -2.39. The average molecular weight is 359 g/mol. The molecule has 0 spiro atoms. The lowest BCUT2D eigenvalue weighted by atomic mass is 10.1. The zero-order valence-corrected chi connectivity index (χ0v) is 14.7. The SMILES string of the molecule is CCCCN1C(=O)COc2ccc(NC(=O)c3cccc(Cl)c3)cc21. The highest BCUT2D eigenvalue weighted by Crippen LogP contribution is 2.35. The van der Waals surface area contributed by atoms with Crippen LogP contribution in [0.3, 0.4) is 0 Å². The summed E-state index contributed by atoms with van der Waals surface area (Å²) in [6, 6.07) is 12.0. The second-order valence-electron chi connectivity index (χ2n) is 5.83. The Balaban J connectivity index is 1.83. The van der Waals surface area contributed by atoms with Crippen molar-refractivity contribution < 1.29 is 14.3 Å². The summed E-state index contributed by atoms with van der Waals surface area (Å²) in [5.41, 5.74) is 1.76. The lowest BCUT2D eigenvalue weighted by molar-refractivity contribution is -0.121. The minimum absolute atomic E-state index is 0.0466. The van der Waals surface area contributed by atoms with Gasteiger partial charge in [0.25, 0.3) is 11.8 Å². The maximum Gasteiger partial charge on any atom is 0.265 e. The number of rotatable bonds is 5. The zero-order chi connectivity index (χ0) is 17.8. The molecule has 1 heterocycles. The first kappa shape index (κ1) is 17.3. The summed E-state index contributed by atoms with van der Waals surface area (Å²) >= 11 is 5.93. The van der Waals surface area contributed by atoms with Crippen LogP contribution in [-0.4, -0.2) is 25.0 Å². The Labute approximate surface area is 151 Å². The van der Waals surface area contributed by atoms with E-state index in [9.17, 15) is 9.59 Å². The van der Waals surface area contributed by atoms with Crippen LogP contribution in [0.4, 0.5) is 11.4 Å². The van der Waals surface area contributed by atoms with Crippen molar-refractivity contribution in [2.24, 2.45) is 0 Å². The van der Waals surface area contributed by atoms with E-state index in [1.165, 1.54) is 0 Å². The van der Waals surface area contributed by atoms with E-state index in [1.807, 2.05) is 0 Å². The van der Waals surface area contributed by atoms with Crippen molar-refractivity contribution in [3.8, 4) is 5.75 Å². The first-order chi connectivity index (χ1) is 12.1. The molecular weight excluding hydrogens is 340 g/mol. The number of ether oxygens (including phenoxy) is 1. The van der Waals surface area contributed by atoms with E-state index in [2.05, 4.69) is 12.2 Å². The van der Waals surface area contributed by atoms with E-state index < -0.39 is 0 Å². The summed E-state index contributed by atoms with van der Waals surface area (Å²) < 4.78 is 5.48. The van der Waals surface area contributed by atoms with Gasteiger partial charge in [0.2, 0.25) is 0 Å². The number of nitrogens with one attached hydrogen (secondary N) is 1. The number of hydrogen-bond acceptors (Lipinski definition) is 3. The predicted octanol–water partition coefficient (Wildman–Crippen LogP) is 4.12. The molecule has 0 fully saturated rings. The van der Waals surface area contributed by atoms with Gasteiger partial charge >= 0.3 is 0 Å². The quantitative estimate of drug-likeness (QED) is 0.874. The Kier molecular flexibility index (Phi) is 5.24. The largest absolute Gasteiger partial charge is 0.482 e. The van der Waals surface area contributed by atoms with Crippen LogP contribution in [0.2, 0.25) is 5.02 Å². The van der Waals surface area contributed by atoms with E-state index in [4.69, 9.17) is 16.3 Å². The molecule has 0 radical (unpaired) electrons. The molecule has 5 nitrogen and oxygen atoms in total. The van der Waals surface area contributed by atoms with Gasteiger partial charge in [0.05, 0.1) is 5.69 Å². The monoisotopic (exact) mass is 358 g/mol. The van der Waals surface area contributed by atoms with Crippen LogP contribution in [0.1, 0.15) is 30.1 Å². The van der Waals surface area contributed by atoms with Crippen molar-refractivity contribution in [1.29, 1.82) is 0 Å². The van der Waals surface area contributed by atoms with Crippen LogP contribution in [0, 0.1) is 0 Å². The summed E-state index contributed by atoms with van der Waals surface area (Å²) in [5, 5.41) is 3.34. The number of benzene rings is 2. The minimum atomic E-state index is -0.259. The summed E-state index contributed by atoms with van der Waals surface area (Å²) in [6.45, 7) is 2.76. The topological polar surface area (TPSA) is 58.6 Å². The van der Waals surface area contributed by atoms with E-state index >= 15 is 0 Å². The molecule has 0 bridgehead atoms. The number of halogens is 1. The molecule has 130 valence electrons. The third-order valence-electron chi connectivity index (χ3n) is 3.98. The average Bonchev–Trinajstić information content (AvgIpc) is 2.61. The van der Waals surface area contributed by atoms with E-state index in [-0.39, 0.29) is 18.4 Å². The van der Waals surface area contributed by atoms with E-state index in [1.54, 1.807) is 47.4 Å². The van der Waals surface area contributed by atoms with Gasteiger partial charge in [-0.2, -0.15) is 0 Å². The molecule has 2 aromatic carbocycles.